The Morgan fingerprint density at radius 3 is 2.71 bits per heavy atom. The minimum Gasteiger partial charge on any atom is -0.494 e. The van der Waals surface area contributed by atoms with Crippen LogP contribution in [0.5, 0.6) is 5.75 Å². The fourth-order valence-corrected chi connectivity index (χ4v) is 4.01. The van der Waals surface area contributed by atoms with Crippen LogP contribution in [0.1, 0.15) is 53.1 Å². The molecular formula is C25H27NO5. The molecule has 1 aliphatic heterocycles. The first-order valence-electron chi connectivity index (χ1n) is 10.6. The maximum absolute atomic E-state index is 13.5. The van der Waals surface area contributed by atoms with E-state index in [9.17, 15) is 9.59 Å². The molecule has 6 heteroatoms. The van der Waals surface area contributed by atoms with Gasteiger partial charge in [0.2, 0.25) is 5.76 Å². The zero-order valence-corrected chi connectivity index (χ0v) is 18.1. The SMILES string of the molecule is CCCCOc1cccc([C@@H]2c3c(oc4ccc(C)cc4c3=O)C(=O)N2CCOC)c1. The van der Waals surface area contributed by atoms with Crippen LogP contribution in [0.3, 0.4) is 0 Å². The summed E-state index contributed by atoms with van der Waals surface area (Å²) in [5, 5.41) is 0.487. The summed E-state index contributed by atoms with van der Waals surface area (Å²) in [6.45, 7) is 5.37. The van der Waals surface area contributed by atoms with Crippen molar-refractivity contribution >= 4 is 16.9 Å². The average Bonchev–Trinajstić information content (AvgIpc) is 3.05. The van der Waals surface area contributed by atoms with E-state index in [1.165, 1.54) is 0 Å². The third-order valence-corrected chi connectivity index (χ3v) is 5.60. The third-order valence-electron chi connectivity index (χ3n) is 5.60. The van der Waals surface area contributed by atoms with Crippen LogP contribution in [0.15, 0.2) is 51.7 Å². The van der Waals surface area contributed by atoms with Crippen LogP contribution in [0, 0.1) is 6.92 Å². The molecule has 0 unspecified atom stereocenters. The Labute approximate surface area is 181 Å². The minimum atomic E-state index is -0.548. The van der Waals surface area contributed by atoms with E-state index in [0.717, 1.165) is 29.7 Å². The lowest BCUT2D eigenvalue weighted by molar-refractivity contribution is 0.0663. The molecule has 1 aromatic heterocycles. The largest absolute Gasteiger partial charge is 0.494 e. The van der Waals surface area contributed by atoms with Crippen molar-refractivity contribution in [3.05, 3.63) is 75.1 Å². The molecule has 0 aliphatic carbocycles. The Bertz CT molecular complexity index is 1170. The van der Waals surface area contributed by atoms with Crippen molar-refractivity contribution < 1.29 is 18.7 Å². The molecule has 2 heterocycles. The highest BCUT2D eigenvalue weighted by Gasteiger charge is 2.42. The summed E-state index contributed by atoms with van der Waals surface area (Å²) in [5.41, 5.74) is 2.41. The predicted molar refractivity (Wildman–Crippen MR) is 119 cm³/mol. The lowest BCUT2D eigenvalue weighted by atomic mass is 9.98. The molecule has 3 aromatic rings. The fraction of sp³-hybridized carbons (Fsp3) is 0.360. The van der Waals surface area contributed by atoms with E-state index in [2.05, 4.69) is 6.92 Å². The summed E-state index contributed by atoms with van der Waals surface area (Å²) in [6, 6.07) is 12.5. The first-order valence-corrected chi connectivity index (χ1v) is 10.6. The molecule has 1 aliphatic rings. The van der Waals surface area contributed by atoms with E-state index >= 15 is 0 Å². The molecule has 4 rings (SSSR count). The van der Waals surface area contributed by atoms with Gasteiger partial charge in [0.1, 0.15) is 11.3 Å². The molecule has 0 saturated carbocycles. The maximum atomic E-state index is 13.5. The van der Waals surface area contributed by atoms with Crippen LogP contribution in [0.25, 0.3) is 11.0 Å². The van der Waals surface area contributed by atoms with Gasteiger partial charge in [0, 0.05) is 13.7 Å². The number of ether oxygens (including phenoxy) is 2. The van der Waals surface area contributed by atoms with Gasteiger partial charge in [0.25, 0.3) is 5.91 Å². The molecule has 6 nitrogen and oxygen atoms in total. The Morgan fingerprint density at radius 1 is 1.10 bits per heavy atom. The van der Waals surface area contributed by atoms with Crippen molar-refractivity contribution in [1.82, 2.24) is 4.90 Å². The van der Waals surface area contributed by atoms with Gasteiger partial charge >= 0.3 is 0 Å². The normalized spacial score (nSPS) is 15.5. The Balaban J connectivity index is 1.85. The second kappa shape index (κ2) is 8.94. The quantitative estimate of drug-likeness (QED) is 0.502. The standard InChI is InChI=1S/C25H27NO5/c1-4-5-12-30-18-8-6-7-17(15-18)22-21-23(27)19-14-16(2)9-10-20(19)31-24(21)25(28)26(22)11-13-29-3/h6-10,14-15,22H,4-5,11-13H2,1-3H3/t22-/m1/s1. The van der Waals surface area contributed by atoms with Crippen LogP contribution in [-0.4, -0.2) is 37.7 Å². The second-order valence-corrected chi connectivity index (χ2v) is 7.84. The topological polar surface area (TPSA) is 69.0 Å². The maximum Gasteiger partial charge on any atom is 0.290 e. The van der Waals surface area contributed by atoms with Gasteiger partial charge in [-0.3, -0.25) is 9.59 Å². The van der Waals surface area contributed by atoms with Crippen molar-refractivity contribution in [3.8, 4) is 5.75 Å². The van der Waals surface area contributed by atoms with E-state index in [4.69, 9.17) is 13.9 Å². The molecule has 0 spiro atoms. The number of fused-ring (bicyclic) bond motifs is 2. The summed E-state index contributed by atoms with van der Waals surface area (Å²) in [6.07, 6.45) is 2.01. The van der Waals surface area contributed by atoms with Crippen molar-refractivity contribution in [3.63, 3.8) is 0 Å². The van der Waals surface area contributed by atoms with Crippen LogP contribution >= 0.6 is 0 Å². The molecule has 31 heavy (non-hydrogen) atoms. The number of unbranched alkanes of at least 4 members (excludes halogenated alkanes) is 1. The smallest absolute Gasteiger partial charge is 0.290 e. The number of methoxy groups -OCH3 is 1. The average molecular weight is 421 g/mol. The number of nitrogens with zero attached hydrogens (tertiary/aromatic N) is 1. The molecule has 0 radical (unpaired) electrons. The van der Waals surface area contributed by atoms with E-state index in [1.54, 1.807) is 18.1 Å². The lowest BCUT2D eigenvalue weighted by Gasteiger charge is -2.25. The first kappa shape index (κ1) is 21.1. The van der Waals surface area contributed by atoms with E-state index < -0.39 is 6.04 Å². The van der Waals surface area contributed by atoms with Crippen LogP contribution in [-0.2, 0) is 4.74 Å². The Hall–Kier alpha value is -3.12. The van der Waals surface area contributed by atoms with Crippen molar-refractivity contribution in [2.45, 2.75) is 32.7 Å². The van der Waals surface area contributed by atoms with E-state index in [0.29, 0.717) is 36.3 Å². The molecule has 0 N–H and O–H groups in total. The van der Waals surface area contributed by atoms with Crippen molar-refractivity contribution in [2.24, 2.45) is 0 Å². The summed E-state index contributed by atoms with van der Waals surface area (Å²) in [5.74, 6) is 0.535. The zero-order chi connectivity index (χ0) is 22.0. The molecule has 2 aromatic carbocycles. The van der Waals surface area contributed by atoms with Gasteiger partial charge in [-0.1, -0.05) is 37.1 Å². The molecule has 1 amide bonds. The molecule has 0 fully saturated rings. The molecular weight excluding hydrogens is 394 g/mol. The summed E-state index contributed by atoms with van der Waals surface area (Å²) >= 11 is 0. The van der Waals surface area contributed by atoms with Gasteiger partial charge < -0.3 is 18.8 Å². The number of aryl methyl sites for hydroxylation is 1. The second-order valence-electron chi connectivity index (χ2n) is 7.84. The van der Waals surface area contributed by atoms with Crippen LogP contribution in [0.2, 0.25) is 0 Å². The minimum absolute atomic E-state index is 0.111. The van der Waals surface area contributed by atoms with Gasteiger partial charge in [-0.15, -0.1) is 0 Å². The van der Waals surface area contributed by atoms with Crippen LogP contribution in [0.4, 0.5) is 0 Å². The monoisotopic (exact) mass is 421 g/mol. The lowest BCUT2D eigenvalue weighted by Crippen LogP contribution is -2.32. The Morgan fingerprint density at radius 2 is 1.94 bits per heavy atom. The predicted octanol–water partition coefficient (Wildman–Crippen LogP) is 4.47. The summed E-state index contributed by atoms with van der Waals surface area (Å²) < 4.78 is 17.0. The fourth-order valence-electron chi connectivity index (χ4n) is 4.01. The van der Waals surface area contributed by atoms with Gasteiger partial charge in [-0.25, -0.2) is 0 Å². The van der Waals surface area contributed by atoms with E-state index in [1.807, 2.05) is 43.3 Å². The van der Waals surface area contributed by atoms with Crippen molar-refractivity contribution in [2.75, 3.05) is 26.9 Å². The molecule has 0 bridgehead atoms. The van der Waals surface area contributed by atoms with Gasteiger partial charge in [-0.2, -0.15) is 0 Å². The number of hydrogen-bond acceptors (Lipinski definition) is 5. The zero-order valence-electron chi connectivity index (χ0n) is 18.1. The summed E-state index contributed by atoms with van der Waals surface area (Å²) in [4.78, 5) is 28.4. The Kier molecular flexibility index (Phi) is 6.09. The van der Waals surface area contributed by atoms with Gasteiger partial charge in [-0.05, 0) is 43.2 Å². The first-order chi connectivity index (χ1) is 15.0. The number of rotatable bonds is 8. The highest BCUT2D eigenvalue weighted by atomic mass is 16.5. The highest BCUT2D eigenvalue weighted by molar-refractivity contribution is 5.99. The van der Waals surface area contributed by atoms with E-state index in [-0.39, 0.29) is 17.1 Å². The number of carbonyl (C=O) groups excluding carboxylic acids is 1. The number of benzene rings is 2. The molecule has 162 valence electrons. The number of carbonyl (C=O) groups is 1. The molecule has 1 atom stereocenters. The van der Waals surface area contributed by atoms with Crippen molar-refractivity contribution in [1.29, 1.82) is 0 Å². The van der Waals surface area contributed by atoms with Gasteiger partial charge in [0.15, 0.2) is 5.43 Å². The summed E-state index contributed by atoms with van der Waals surface area (Å²) in [7, 11) is 1.59. The number of hydrogen-bond donors (Lipinski definition) is 0. The number of amides is 1. The van der Waals surface area contributed by atoms with Crippen LogP contribution < -0.4 is 10.2 Å². The third kappa shape index (κ3) is 3.95. The highest BCUT2D eigenvalue weighted by Crippen LogP contribution is 2.38. The van der Waals surface area contributed by atoms with Gasteiger partial charge in [0.05, 0.1) is 30.2 Å². The molecule has 0 saturated heterocycles.